The number of fused-ring (bicyclic) bond motifs is 3. The van der Waals surface area contributed by atoms with Crippen molar-refractivity contribution in [3.63, 3.8) is 0 Å². The summed E-state index contributed by atoms with van der Waals surface area (Å²) in [4.78, 5) is 98.6. The normalized spacial score (nSPS) is 16.9. The highest BCUT2D eigenvalue weighted by atomic mass is 16.7. The third kappa shape index (κ3) is 25.3. The van der Waals surface area contributed by atoms with Crippen molar-refractivity contribution in [1.82, 2.24) is 5.32 Å². The smallest absolute Gasteiger partial charge is 0.407 e. The predicted octanol–water partition coefficient (Wildman–Crippen LogP) is 4.06. The summed E-state index contributed by atoms with van der Waals surface area (Å²) >= 11 is 0. The fourth-order valence-electron chi connectivity index (χ4n) is 8.68. The van der Waals surface area contributed by atoms with Gasteiger partial charge in [-0.15, -0.1) is 0 Å². The summed E-state index contributed by atoms with van der Waals surface area (Å²) in [5.74, 6) is -6.18. The van der Waals surface area contributed by atoms with Gasteiger partial charge in [-0.1, -0.05) is 54.6 Å². The van der Waals surface area contributed by atoms with Crippen LogP contribution in [-0.2, 0) is 111 Å². The van der Waals surface area contributed by atoms with Crippen LogP contribution in [0.2, 0.25) is 0 Å². The standard InChI is InChI=1S/C59H78N2O25/c1-39(62)82-53-54(83-40(2)63)56(84-41(3)64)58(86-55(53)57(69)71-4)85-49-17-16-42(37-80-52(68)15-9-14-51(66)67)36-48(49)61-50(65)18-20-72-22-24-74-26-28-76-30-32-78-34-35-79-33-31-77-29-27-75-25-23-73-21-19-60-59(70)81-38-47-45-12-7-5-10-43(45)44-11-6-8-13-46(44)47/h5-8,10-13,16-17,36,47,53-56,58H,9,14-15,18-35,37-38H2,1-4H3,(H,60,70)(H,61,65)(H,66,67)/t53-,54-,55-,56+,58+/m0/s1. The Morgan fingerprint density at radius 3 is 1.55 bits per heavy atom. The molecule has 2 aliphatic rings. The van der Waals surface area contributed by atoms with Crippen LogP contribution in [0.25, 0.3) is 11.1 Å². The van der Waals surface area contributed by atoms with Gasteiger partial charge in [0.2, 0.25) is 18.3 Å². The van der Waals surface area contributed by atoms with Crippen LogP contribution in [0.5, 0.6) is 5.75 Å². The molecule has 1 aliphatic carbocycles. The molecule has 0 saturated carbocycles. The van der Waals surface area contributed by atoms with Crippen LogP contribution in [0.15, 0.2) is 66.7 Å². The number of aliphatic carboxylic acids is 1. The van der Waals surface area contributed by atoms with E-state index in [9.17, 15) is 38.4 Å². The van der Waals surface area contributed by atoms with E-state index in [0.29, 0.717) is 91.4 Å². The first-order valence-corrected chi connectivity index (χ1v) is 28.1. The van der Waals surface area contributed by atoms with Crippen LogP contribution in [0.3, 0.4) is 0 Å². The molecule has 1 saturated heterocycles. The number of anilines is 1. The number of hydrogen-bond donors (Lipinski definition) is 3. The van der Waals surface area contributed by atoms with Crippen molar-refractivity contribution < 1.29 is 119 Å². The summed E-state index contributed by atoms with van der Waals surface area (Å²) in [5, 5.41) is 14.3. The van der Waals surface area contributed by atoms with Crippen molar-refractivity contribution in [3.8, 4) is 16.9 Å². The first kappa shape index (κ1) is 69.4. The van der Waals surface area contributed by atoms with Gasteiger partial charge in [-0.2, -0.15) is 0 Å². The topological polar surface area (TPSA) is 329 Å². The highest BCUT2D eigenvalue weighted by Gasteiger charge is 2.56. The first-order chi connectivity index (χ1) is 41.6. The maximum Gasteiger partial charge on any atom is 0.407 e. The lowest BCUT2D eigenvalue weighted by Crippen LogP contribution is -2.64. The Morgan fingerprint density at radius 2 is 1.03 bits per heavy atom. The van der Waals surface area contributed by atoms with Gasteiger partial charge in [0.25, 0.3) is 0 Å². The number of benzene rings is 3. The lowest BCUT2D eigenvalue weighted by atomic mass is 9.97. The molecule has 0 aromatic heterocycles. The lowest BCUT2D eigenvalue weighted by molar-refractivity contribution is -0.282. The third-order valence-corrected chi connectivity index (χ3v) is 12.5. The number of rotatable bonds is 42. The average Bonchev–Trinajstić information content (AvgIpc) is 1.55. The molecule has 0 unspecified atom stereocenters. The van der Waals surface area contributed by atoms with Crippen LogP contribution in [0.1, 0.15) is 69.1 Å². The molecular formula is C59H78N2O25. The number of ether oxygens (including phenoxy) is 16. The van der Waals surface area contributed by atoms with Gasteiger partial charge < -0.3 is 91.5 Å². The van der Waals surface area contributed by atoms with Crippen molar-refractivity contribution >= 4 is 53.5 Å². The molecule has 2 amide bonds. The number of methoxy groups -OCH3 is 1. The van der Waals surface area contributed by atoms with E-state index in [2.05, 4.69) is 34.9 Å². The number of carboxylic acid groups (broad SMARTS) is 1. The molecule has 474 valence electrons. The van der Waals surface area contributed by atoms with Gasteiger partial charge in [0, 0.05) is 46.1 Å². The molecule has 27 heteroatoms. The maximum atomic E-state index is 13.3. The minimum atomic E-state index is -1.76. The molecule has 1 aliphatic heterocycles. The second kappa shape index (κ2) is 39.4. The monoisotopic (exact) mass is 1210 g/mol. The maximum absolute atomic E-state index is 13.3. The van der Waals surface area contributed by atoms with Gasteiger partial charge in [-0.05, 0) is 46.4 Å². The molecule has 3 N–H and O–H groups in total. The lowest BCUT2D eigenvalue weighted by Gasteiger charge is -2.43. The van der Waals surface area contributed by atoms with Crippen molar-refractivity contribution in [2.75, 3.05) is 131 Å². The molecule has 5 atom stereocenters. The molecule has 0 radical (unpaired) electrons. The minimum Gasteiger partial charge on any atom is -0.481 e. The number of esters is 5. The Labute approximate surface area is 497 Å². The summed E-state index contributed by atoms with van der Waals surface area (Å²) in [6.07, 6.45) is -9.46. The van der Waals surface area contributed by atoms with E-state index in [4.69, 9.17) is 80.9 Å². The summed E-state index contributed by atoms with van der Waals surface area (Å²) in [5.41, 5.74) is 5.00. The van der Waals surface area contributed by atoms with E-state index in [1.807, 2.05) is 24.3 Å². The molecule has 86 heavy (non-hydrogen) atoms. The van der Waals surface area contributed by atoms with Crippen LogP contribution in [-0.4, -0.2) is 210 Å². The van der Waals surface area contributed by atoms with Gasteiger partial charge in [-0.3, -0.25) is 28.8 Å². The Bertz CT molecular complexity index is 2570. The molecule has 0 bridgehead atoms. The zero-order chi connectivity index (χ0) is 61.9. The van der Waals surface area contributed by atoms with Crippen molar-refractivity contribution in [3.05, 3.63) is 83.4 Å². The molecule has 27 nitrogen and oxygen atoms in total. The number of carbonyl (C=O) groups excluding carboxylic acids is 7. The average molecular weight is 1220 g/mol. The largest absolute Gasteiger partial charge is 0.481 e. The zero-order valence-electron chi connectivity index (χ0n) is 48.8. The third-order valence-electron chi connectivity index (χ3n) is 12.5. The highest BCUT2D eigenvalue weighted by molar-refractivity contribution is 5.92. The Hall–Kier alpha value is -7.34. The zero-order valence-corrected chi connectivity index (χ0v) is 48.8. The van der Waals surface area contributed by atoms with Crippen LogP contribution in [0, 0.1) is 0 Å². The van der Waals surface area contributed by atoms with E-state index in [1.54, 1.807) is 0 Å². The summed E-state index contributed by atoms with van der Waals surface area (Å²) < 4.78 is 88.2. The summed E-state index contributed by atoms with van der Waals surface area (Å²) in [6.45, 7) is 8.44. The second-order valence-electron chi connectivity index (χ2n) is 19.0. The molecular weight excluding hydrogens is 1140 g/mol. The van der Waals surface area contributed by atoms with E-state index in [1.165, 1.54) is 29.3 Å². The van der Waals surface area contributed by atoms with Crippen molar-refractivity contribution in [2.24, 2.45) is 0 Å². The predicted molar refractivity (Wildman–Crippen MR) is 299 cm³/mol. The van der Waals surface area contributed by atoms with Crippen molar-refractivity contribution in [1.29, 1.82) is 0 Å². The van der Waals surface area contributed by atoms with E-state index >= 15 is 0 Å². The van der Waals surface area contributed by atoms with Gasteiger partial charge in [-0.25, -0.2) is 9.59 Å². The molecule has 3 aromatic rings. The highest BCUT2D eigenvalue weighted by Crippen LogP contribution is 2.44. The molecule has 5 rings (SSSR count). The van der Waals surface area contributed by atoms with E-state index < -0.39 is 78.5 Å². The van der Waals surface area contributed by atoms with E-state index in [-0.39, 0.29) is 82.7 Å². The second-order valence-corrected chi connectivity index (χ2v) is 19.0. The quantitative estimate of drug-likeness (QED) is 0.0409. The van der Waals surface area contributed by atoms with E-state index in [0.717, 1.165) is 39.0 Å². The SMILES string of the molecule is COC(=O)[C@H]1O[C@@H](Oc2ccc(COC(=O)CCCC(=O)O)cc2NC(=O)CCOCCOCCOCCOCCOCCOCCOCCOCCNC(=O)OCC2c3ccccc3-c3ccccc32)[C@H](OC(C)=O)[C@@H](OC(C)=O)[C@@H]1OC(C)=O. The minimum absolute atomic E-state index is 0.000107. The molecule has 3 aromatic carbocycles. The molecule has 0 spiro atoms. The molecule has 1 fully saturated rings. The number of nitrogens with one attached hydrogen (secondary N) is 2. The van der Waals surface area contributed by atoms with Crippen LogP contribution < -0.4 is 15.4 Å². The Kier molecular flexibility index (Phi) is 31.8. The summed E-state index contributed by atoms with van der Waals surface area (Å²) in [6, 6.07) is 20.6. The number of carboxylic acids is 1. The fourth-order valence-corrected chi connectivity index (χ4v) is 8.68. The van der Waals surface area contributed by atoms with Gasteiger partial charge in [0.05, 0.1) is 125 Å². The van der Waals surface area contributed by atoms with Crippen LogP contribution in [0.4, 0.5) is 10.5 Å². The summed E-state index contributed by atoms with van der Waals surface area (Å²) in [7, 11) is 1.03. The first-order valence-electron chi connectivity index (χ1n) is 28.1. The van der Waals surface area contributed by atoms with Crippen molar-refractivity contribution in [2.45, 2.75) is 89.7 Å². The van der Waals surface area contributed by atoms with Gasteiger partial charge in [0.15, 0.2) is 18.3 Å². The number of carbonyl (C=O) groups is 8. The fraction of sp³-hybridized carbons (Fsp3) is 0.559. The van der Waals surface area contributed by atoms with Crippen LogP contribution >= 0.6 is 0 Å². The van der Waals surface area contributed by atoms with Gasteiger partial charge in [0.1, 0.15) is 19.0 Å². The number of alkyl carbamates (subject to hydrolysis) is 1. The Morgan fingerprint density at radius 1 is 0.547 bits per heavy atom. The van der Waals surface area contributed by atoms with Gasteiger partial charge >= 0.3 is 41.9 Å². The number of amides is 2. The number of hydrogen-bond acceptors (Lipinski definition) is 24. The Balaban J connectivity index is 0.879. The molecule has 1 heterocycles.